The van der Waals surface area contributed by atoms with E-state index in [-0.39, 0.29) is 5.56 Å². The summed E-state index contributed by atoms with van der Waals surface area (Å²) in [6, 6.07) is 19.3. The predicted octanol–water partition coefficient (Wildman–Crippen LogP) is 6.03. The Bertz CT molecular complexity index is 829. The summed E-state index contributed by atoms with van der Waals surface area (Å²) >= 11 is 0. The van der Waals surface area contributed by atoms with E-state index in [1.165, 1.54) is 18.2 Å². The van der Waals surface area contributed by atoms with E-state index in [1.807, 2.05) is 42.5 Å². The molecule has 0 saturated heterocycles. The van der Waals surface area contributed by atoms with Crippen molar-refractivity contribution in [2.45, 2.75) is 6.18 Å². The molecule has 0 fully saturated rings. The average molecular weight is 298 g/mol. The highest BCUT2D eigenvalue weighted by Crippen LogP contribution is 2.32. The topological polar surface area (TPSA) is 0 Å². The lowest BCUT2D eigenvalue weighted by Crippen LogP contribution is -2.06. The quantitative estimate of drug-likeness (QED) is 0.507. The third kappa shape index (κ3) is 3.03. The summed E-state index contributed by atoms with van der Waals surface area (Å²) in [6.07, 6.45) is -1.13. The van der Waals surface area contributed by atoms with Crippen LogP contribution in [0.4, 0.5) is 13.2 Å². The number of halogens is 3. The maximum absolute atomic E-state index is 12.9. The summed E-state index contributed by atoms with van der Waals surface area (Å²) in [7, 11) is 0. The smallest absolute Gasteiger partial charge is 0.166 e. The summed E-state index contributed by atoms with van der Waals surface area (Å²) < 4.78 is 38.8. The zero-order valence-corrected chi connectivity index (χ0v) is 11.6. The van der Waals surface area contributed by atoms with Gasteiger partial charge in [0.2, 0.25) is 0 Å². The predicted molar refractivity (Wildman–Crippen MR) is 84.3 cm³/mol. The maximum Gasteiger partial charge on any atom is 0.416 e. The third-order valence-corrected chi connectivity index (χ3v) is 3.50. The normalized spacial score (nSPS) is 12.1. The monoisotopic (exact) mass is 298 g/mol. The molecule has 0 heterocycles. The van der Waals surface area contributed by atoms with Crippen LogP contribution in [0.3, 0.4) is 0 Å². The number of hydrogen-bond donors (Lipinski definition) is 0. The lowest BCUT2D eigenvalue weighted by atomic mass is 10.0. The zero-order valence-electron chi connectivity index (χ0n) is 11.6. The highest BCUT2D eigenvalue weighted by Gasteiger charge is 2.32. The number of rotatable bonds is 2. The molecular formula is C19H13F3. The Labute approximate surface area is 126 Å². The van der Waals surface area contributed by atoms with E-state index in [1.54, 1.807) is 12.1 Å². The van der Waals surface area contributed by atoms with Crippen LogP contribution in [0.1, 0.15) is 16.7 Å². The lowest BCUT2D eigenvalue weighted by Gasteiger charge is -2.09. The largest absolute Gasteiger partial charge is 0.416 e. The van der Waals surface area contributed by atoms with Gasteiger partial charge < -0.3 is 0 Å². The molecule has 0 aliphatic carbocycles. The molecule has 3 heteroatoms. The molecule has 3 rings (SSSR count). The van der Waals surface area contributed by atoms with Crippen molar-refractivity contribution in [1.82, 2.24) is 0 Å². The van der Waals surface area contributed by atoms with Crippen LogP contribution < -0.4 is 0 Å². The molecule has 0 spiro atoms. The van der Waals surface area contributed by atoms with Crippen molar-refractivity contribution in [3.8, 4) is 0 Å². The number of alkyl halides is 3. The van der Waals surface area contributed by atoms with E-state index < -0.39 is 11.7 Å². The fourth-order valence-electron chi connectivity index (χ4n) is 2.40. The van der Waals surface area contributed by atoms with E-state index >= 15 is 0 Å². The van der Waals surface area contributed by atoms with Crippen molar-refractivity contribution < 1.29 is 13.2 Å². The molecule has 0 N–H and O–H groups in total. The standard InChI is InChI=1S/C19H13F3/c20-19(21,22)18-8-4-3-6-16(18)12-10-14-9-11-15-5-1-2-7-17(15)13-14/h1-13H/b12-10+. The molecule has 3 aromatic carbocycles. The molecule has 0 saturated carbocycles. The van der Waals surface area contributed by atoms with Gasteiger partial charge in [0.1, 0.15) is 0 Å². The highest BCUT2D eigenvalue weighted by molar-refractivity contribution is 5.86. The molecule has 0 aliphatic rings. The van der Waals surface area contributed by atoms with Crippen molar-refractivity contribution in [1.29, 1.82) is 0 Å². The molecular weight excluding hydrogens is 285 g/mol. The Balaban J connectivity index is 1.96. The zero-order chi connectivity index (χ0) is 15.6. The maximum atomic E-state index is 12.9. The van der Waals surface area contributed by atoms with Gasteiger partial charge in [0.05, 0.1) is 5.56 Å². The van der Waals surface area contributed by atoms with Crippen molar-refractivity contribution in [2.75, 3.05) is 0 Å². The average Bonchev–Trinajstić information content (AvgIpc) is 2.52. The molecule has 0 bridgehead atoms. The Morgan fingerprint density at radius 3 is 2.14 bits per heavy atom. The molecule has 0 amide bonds. The fourth-order valence-corrected chi connectivity index (χ4v) is 2.40. The summed E-state index contributed by atoms with van der Waals surface area (Å²) in [6.45, 7) is 0. The molecule has 0 atom stereocenters. The molecule has 0 radical (unpaired) electrons. The van der Waals surface area contributed by atoms with Gasteiger partial charge in [0.15, 0.2) is 0 Å². The van der Waals surface area contributed by atoms with Gasteiger partial charge in [-0.2, -0.15) is 13.2 Å². The first-order chi connectivity index (χ1) is 10.5. The van der Waals surface area contributed by atoms with Gasteiger partial charge >= 0.3 is 6.18 Å². The van der Waals surface area contributed by atoms with E-state index in [0.717, 1.165) is 22.4 Å². The van der Waals surface area contributed by atoms with Crippen LogP contribution in [-0.4, -0.2) is 0 Å². The summed E-state index contributed by atoms with van der Waals surface area (Å²) in [5, 5.41) is 2.17. The van der Waals surface area contributed by atoms with Gasteiger partial charge in [-0.05, 0) is 34.0 Å². The van der Waals surface area contributed by atoms with E-state index in [4.69, 9.17) is 0 Å². The Morgan fingerprint density at radius 2 is 1.36 bits per heavy atom. The molecule has 110 valence electrons. The molecule has 22 heavy (non-hydrogen) atoms. The van der Waals surface area contributed by atoms with Gasteiger partial charge in [0, 0.05) is 0 Å². The van der Waals surface area contributed by atoms with E-state index in [9.17, 15) is 13.2 Å². The summed E-state index contributed by atoms with van der Waals surface area (Å²) in [4.78, 5) is 0. The first kappa shape index (κ1) is 14.4. The van der Waals surface area contributed by atoms with Crippen LogP contribution in [0, 0.1) is 0 Å². The van der Waals surface area contributed by atoms with Crippen molar-refractivity contribution in [2.24, 2.45) is 0 Å². The Kier molecular flexibility index (Phi) is 3.72. The Morgan fingerprint density at radius 1 is 0.682 bits per heavy atom. The SMILES string of the molecule is FC(F)(F)c1ccccc1/C=C/c1ccc2ccccc2c1. The van der Waals surface area contributed by atoms with E-state index in [0.29, 0.717) is 0 Å². The van der Waals surface area contributed by atoms with Crippen molar-refractivity contribution >= 4 is 22.9 Å². The third-order valence-electron chi connectivity index (χ3n) is 3.50. The van der Waals surface area contributed by atoms with E-state index in [2.05, 4.69) is 0 Å². The second kappa shape index (κ2) is 5.68. The summed E-state index contributed by atoms with van der Waals surface area (Å²) in [5.41, 5.74) is 0.422. The molecule has 0 aliphatic heterocycles. The molecule has 0 unspecified atom stereocenters. The number of hydrogen-bond acceptors (Lipinski definition) is 0. The van der Waals surface area contributed by atoms with Gasteiger partial charge in [-0.3, -0.25) is 0 Å². The van der Waals surface area contributed by atoms with Crippen molar-refractivity contribution in [3.63, 3.8) is 0 Å². The number of fused-ring (bicyclic) bond motifs is 1. The van der Waals surface area contributed by atoms with Crippen molar-refractivity contribution in [3.05, 3.63) is 83.4 Å². The second-order valence-electron chi connectivity index (χ2n) is 5.02. The first-order valence-corrected chi connectivity index (χ1v) is 6.87. The highest BCUT2D eigenvalue weighted by atomic mass is 19.4. The first-order valence-electron chi connectivity index (χ1n) is 6.87. The van der Waals surface area contributed by atoms with Crippen LogP contribution in [0.25, 0.3) is 22.9 Å². The molecule has 0 nitrogen and oxygen atoms in total. The van der Waals surface area contributed by atoms with Gasteiger partial charge in [-0.25, -0.2) is 0 Å². The second-order valence-corrected chi connectivity index (χ2v) is 5.02. The molecule has 3 aromatic rings. The van der Waals surface area contributed by atoms with Crippen LogP contribution in [0.15, 0.2) is 66.7 Å². The number of benzene rings is 3. The fraction of sp³-hybridized carbons (Fsp3) is 0.0526. The van der Waals surface area contributed by atoms with Gasteiger partial charge in [-0.1, -0.05) is 66.7 Å². The van der Waals surface area contributed by atoms with Crippen LogP contribution >= 0.6 is 0 Å². The van der Waals surface area contributed by atoms with Crippen LogP contribution in [0.5, 0.6) is 0 Å². The Hall–Kier alpha value is -2.55. The minimum Gasteiger partial charge on any atom is -0.166 e. The van der Waals surface area contributed by atoms with Crippen LogP contribution in [0.2, 0.25) is 0 Å². The minimum absolute atomic E-state index is 0.170. The summed E-state index contributed by atoms with van der Waals surface area (Å²) in [5.74, 6) is 0. The van der Waals surface area contributed by atoms with Gasteiger partial charge in [0.25, 0.3) is 0 Å². The van der Waals surface area contributed by atoms with Gasteiger partial charge in [-0.15, -0.1) is 0 Å². The minimum atomic E-state index is -4.34. The van der Waals surface area contributed by atoms with Crippen LogP contribution in [-0.2, 0) is 6.18 Å². The lowest BCUT2D eigenvalue weighted by molar-refractivity contribution is -0.137. The molecule has 0 aromatic heterocycles.